The molecule has 2 aliphatic carbocycles. The number of aromatic amines is 1. The first-order valence-corrected chi connectivity index (χ1v) is 6.54. The summed E-state index contributed by atoms with van der Waals surface area (Å²) in [5.74, 6) is -0.363. The SMILES string of the molecule is O=c1ccn([C@@H]2C3=CC[C@@H](O)C[C@@H]3[C@@H](O)C2O)c(=O)[nH]1. The second kappa shape index (κ2) is 4.69. The van der Waals surface area contributed by atoms with E-state index in [0.29, 0.717) is 12.8 Å². The second-order valence-electron chi connectivity index (χ2n) is 5.38. The van der Waals surface area contributed by atoms with Crippen LogP contribution in [0.4, 0.5) is 0 Å². The molecule has 0 radical (unpaired) electrons. The molecule has 3 rings (SSSR count). The summed E-state index contributed by atoms with van der Waals surface area (Å²) < 4.78 is 1.22. The first-order chi connectivity index (χ1) is 9.49. The minimum Gasteiger partial charge on any atom is -0.393 e. The molecule has 108 valence electrons. The Morgan fingerprint density at radius 3 is 2.65 bits per heavy atom. The van der Waals surface area contributed by atoms with E-state index in [0.717, 1.165) is 5.57 Å². The lowest BCUT2D eigenvalue weighted by molar-refractivity contribution is -0.00393. The Labute approximate surface area is 113 Å². The second-order valence-corrected chi connectivity index (χ2v) is 5.38. The Balaban J connectivity index is 2.08. The number of rotatable bonds is 1. The van der Waals surface area contributed by atoms with Crippen molar-refractivity contribution in [2.24, 2.45) is 5.92 Å². The normalized spacial score (nSPS) is 36.5. The highest BCUT2D eigenvalue weighted by Gasteiger charge is 2.48. The van der Waals surface area contributed by atoms with E-state index in [1.54, 1.807) is 6.08 Å². The van der Waals surface area contributed by atoms with Gasteiger partial charge in [0.2, 0.25) is 0 Å². The van der Waals surface area contributed by atoms with E-state index >= 15 is 0 Å². The fourth-order valence-corrected chi connectivity index (χ4v) is 3.22. The molecule has 1 aromatic rings. The van der Waals surface area contributed by atoms with Crippen LogP contribution in [0.2, 0.25) is 0 Å². The smallest absolute Gasteiger partial charge is 0.328 e. The third kappa shape index (κ3) is 1.94. The lowest BCUT2D eigenvalue weighted by atomic mass is 9.86. The summed E-state index contributed by atoms with van der Waals surface area (Å²) in [6, 6.07) is 0.498. The molecule has 5 atom stereocenters. The van der Waals surface area contributed by atoms with Gasteiger partial charge in [-0.05, 0) is 18.4 Å². The Morgan fingerprint density at radius 2 is 1.95 bits per heavy atom. The van der Waals surface area contributed by atoms with Crippen molar-refractivity contribution in [2.45, 2.75) is 37.2 Å². The zero-order valence-corrected chi connectivity index (χ0v) is 10.6. The summed E-state index contributed by atoms with van der Waals surface area (Å²) in [7, 11) is 0. The summed E-state index contributed by atoms with van der Waals surface area (Å²) >= 11 is 0. The standard InChI is InChI=1S/C13H16N2O5/c16-6-1-2-7-8(5-6)11(18)12(19)10(7)15-4-3-9(17)14-13(15)20/h2-4,6,8,10-12,16,18-19H,1,5H2,(H,14,17,20)/t6-,8+,10-,11-,12?/m1/s1. The van der Waals surface area contributed by atoms with Gasteiger partial charge in [-0.15, -0.1) is 0 Å². The average Bonchev–Trinajstić information content (AvgIpc) is 2.63. The van der Waals surface area contributed by atoms with E-state index in [1.807, 2.05) is 0 Å². The minimum atomic E-state index is -1.14. The largest absolute Gasteiger partial charge is 0.393 e. The fraction of sp³-hybridized carbons (Fsp3) is 0.538. The summed E-state index contributed by atoms with van der Waals surface area (Å²) in [4.78, 5) is 25.1. The molecule has 0 aromatic carbocycles. The maximum absolute atomic E-state index is 11.9. The van der Waals surface area contributed by atoms with Crippen LogP contribution in [0.25, 0.3) is 0 Å². The molecule has 0 bridgehead atoms. The third-order valence-electron chi connectivity index (χ3n) is 4.16. The van der Waals surface area contributed by atoms with Crippen LogP contribution < -0.4 is 11.2 Å². The summed E-state index contributed by atoms with van der Waals surface area (Å²) in [5, 5.41) is 30.0. The van der Waals surface area contributed by atoms with Gasteiger partial charge in [-0.3, -0.25) is 14.3 Å². The van der Waals surface area contributed by atoms with Gasteiger partial charge in [0.25, 0.3) is 5.56 Å². The number of hydrogen-bond acceptors (Lipinski definition) is 5. The minimum absolute atomic E-state index is 0.360. The van der Waals surface area contributed by atoms with E-state index in [1.165, 1.54) is 16.8 Å². The predicted molar refractivity (Wildman–Crippen MR) is 69.2 cm³/mol. The van der Waals surface area contributed by atoms with Crippen molar-refractivity contribution < 1.29 is 15.3 Å². The first kappa shape index (κ1) is 13.3. The van der Waals surface area contributed by atoms with Crippen molar-refractivity contribution in [3.8, 4) is 0 Å². The molecule has 1 unspecified atom stereocenters. The van der Waals surface area contributed by atoms with E-state index < -0.39 is 35.6 Å². The van der Waals surface area contributed by atoms with Crippen molar-refractivity contribution in [1.82, 2.24) is 9.55 Å². The molecule has 1 fully saturated rings. The Bertz CT molecular complexity index is 661. The van der Waals surface area contributed by atoms with Crippen LogP contribution in [0.3, 0.4) is 0 Å². The highest BCUT2D eigenvalue weighted by molar-refractivity contribution is 5.27. The monoisotopic (exact) mass is 280 g/mol. The van der Waals surface area contributed by atoms with Gasteiger partial charge in [-0.1, -0.05) is 6.08 Å². The number of nitrogens with one attached hydrogen (secondary N) is 1. The number of H-pyrrole nitrogens is 1. The molecule has 0 aliphatic heterocycles. The summed E-state index contributed by atoms with van der Waals surface area (Å²) in [6.45, 7) is 0. The number of aromatic nitrogens is 2. The Kier molecular flexibility index (Phi) is 3.12. The van der Waals surface area contributed by atoms with Gasteiger partial charge in [-0.2, -0.15) is 0 Å². The summed E-state index contributed by atoms with van der Waals surface area (Å²) in [6.07, 6.45) is 1.16. The lowest BCUT2D eigenvalue weighted by Crippen LogP contribution is -2.37. The Morgan fingerprint density at radius 1 is 1.20 bits per heavy atom. The molecular formula is C13H16N2O5. The maximum Gasteiger partial charge on any atom is 0.328 e. The number of hydrogen-bond donors (Lipinski definition) is 4. The van der Waals surface area contributed by atoms with Crippen LogP contribution in [0.15, 0.2) is 33.5 Å². The lowest BCUT2D eigenvalue weighted by Gasteiger charge is -2.25. The average molecular weight is 280 g/mol. The first-order valence-electron chi connectivity index (χ1n) is 6.54. The zero-order valence-electron chi connectivity index (χ0n) is 10.6. The number of fused-ring (bicyclic) bond motifs is 1. The maximum atomic E-state index is 11.9. The van der Waals surface area contributed by atoms with Gasteiger partial charge in [0.05, 0.1) is 18.2 Å². The zero-order chi connectivity index (χ0) is 14.4. The van der Waals surface area contributed by atoms with E-state index in [4.69, 9.17) is 0 Å². The molecule has 1 saturated carbocycles. The van der Waals surface area contributed by atoms with Gasteiger partial charge < -0.3 is 15.3 Å². The van der Waals surface area contributed by atoms with E-state index in [-0.39, 0.29) is 5.92 Å². The van der Waals surface area contributed by atoms with Crippen LogP contribution in [-0.2, 0) is 0 Å². The molecule has 7 nitrogen and oxygen atoms in total. The quantitative estimate of drug-likeness (QED) is 0.468. The molecule has 2 aliphatic rings. The van der Waals surface area contributed by atoms with Crippen molar-refractivity contribution >= 4 is 0 Å². The summed E-state index contributed by atoms with van der Waals surface area (Å²) in [5.41, 5.74) is -0.394. The molecule has 1 heterocycles. The third-order valence-corrected chi connectivity index (χ3v) is 4.16. The molecule has 0 saturated heterocycles. The van der Waals surface area contributed by atoms with Gasteiger partial charge in [0.1, 0.15) is 6.10 Å². The van der Waals surface area contributed by atoms with Gasteiger partial charge >= 0.3 is 5.69 Å². The number of aliphatic hydroxyl groups excluding tert-OH is 3. The van der Waals surface area contributed by atoms with Crippen LogP contribution in [0.5, 0.6) is 0 Å². The van der Waals surface area contributed by atoms with Gasteiger partial charge in [0, 0.05) is 18.2 Å². The molecule has 7 heteroatoms. The van der Waals surface area contributed by atoms with E-state index in [9.17, 15) is 24.9 Å². The molecule has 4 N–H and O–H groups in total. The van der Waals surface area contributed by atoms with Crippen LogP contribution >= 0.6 is 0 Å². The van der Waals surface area contributed by atoms with Crippen molar-refractivity contribution in [2.75, 3.05) is 0 Å². The topological polar surface area (TPSA) is 116 Å². The molecule has 1 aromatic heterocycles. The van der Waals surface area contributed by atoms with Gasteiger partial charge in [-0.25, -0.2) is 4.79 Å². The number of nitrogens with zero attached hydrogens (tertiary/aromatic N) is 1. The number of aliphatic hydroxyl groups is 3. The van der Waals surface area contributed by atoms with Crippen molar-refractivity contribution in [3.63, 3.8) is 0 Å². The van der Waals surface area contributed by atoms with Crippen molar-refractivity contribution in [3.05, 3.63) is 44.8 Å². The predicted octanol–water partition coefficient (Wildman–Crippen LogP) is -1.49. The van der Waals surface area contributed by atoms with Crippen molar-refractivity contribution in [1.29, 1.82) is 0 Å². The van der Waals surface area contributed by atoms with Crippen LogP contribution in [0.1, 0.15) is 18.9 Å². The van der Waals surface area contributed by atoms with E-state index in [2.05, 4.69) is 4.98 Å². The van der Waals surface area contributed by atoms with Crippen LogP contribution in [0, 0.1) is 5.92 Å². The molecule has 20 heavy (non-hydrogen) atoms. The van der Waals surface area contributed by atoms with Crippen LogP contribution in [-0.4, -0.2) is 43.2 Å². The van der Waals surface area contributed by atoms with Gasteiger partial charge in [0.15, 0.2) is 0 Å². The molecule has 0 spiro atoms. The highest BCUT2D eigenvalue weighted by Crippen LogP contribution is 2.44. The highest BCUT2D eigenvalue weighted by atomic mass is 16.3. The fourth-order valence-electron chi connectivity index (χ4n) is 3.22. The molecular weight excluding hydrogens is 264 g/mol. The molecule has 0 amide bonds. The Hall–Kier alpha value is -1.70.